The van der Waals surface area contributed by atoms with Gasteiger partial charge in [0.2, 0.25) is 6.39 Å². The van der Waals surface area contributed by atoms with Crippen LogP contribution < -0.4 is 5.32 Å². The average molecular weight is 221 g/mol. The van der Waals surface area contributed by atoms with Crippen LogP contribution in [0.5, 0.6) is 0 Å². The van der Waals surface area contributed by atoms with E-state index >= 15 is 0 Å². The van der Waals surface area contributed by atoms with Crippen molar-refractivity contribution in [1.29, 1.82) is 0 Å². The van der Waals surface area contributed by atoms with Crippen LogP contribution in [0, 0.1) is 0 Å². The van der Waals surface area contributed by atoms with Crippen molar-refractivity contribution < 1.29 is 4.52 Å². The van der Waals surface area contributed by atoms with Crippen LogP contribution in [-0.2, 0) is 19.5 Å². The lowest BCUT2D eigenvalue weighted by Gasteiger charge is -2.05. The second-order valence-electron chi connectivity index (χ2n) is 3.45. The Morgan fingerprint density at radius 3 is 3.19 bits per heavy atom. The number of aryl methyl sites for hydroxylation is 1. The van der Waals surface area contributed by atoms with Crippen LogP contribution in [0.15, 0.2) is 23.4 Å². The van der Waals surface area contributed by atoms with Gasteiger partial charge in [0, 0.05) is 32.3 Å². The first-order valence-electron chi connectivity index (χ1n) is 5.35. The van der Waals surface area contributed by atoms with Gasteiger partial charge in [0.1, 0.15) is 0 Å². The van der Waals surface area contributed by atoms with Gasteiger partial charge in [0.15, 0.2) is 5.82 Å². The molecule has 0 aromatic carbocycles. The van der Waals surface area contributed by atoms with Gasteiger partial charge in [-0.25, -0.2) is 4.98 Å². The Bertz CT molecular complexity index is 409. The number of rotatable bonds is 6. The van der Waals surface area contributed by atoms with E-state index in [-0.39, 0.29) is 0 Å². The number of hydrogen-bond acceptors (Lipinski definition) is 5. The Kier molecular flexibility index (Phi) is 3.66. The van der Waals surface area contributed by atoms with E-state index in [0.717, 1.165) is 31.9 Å². The van der Waals surface area contributed by atoms with Gasteiger partial charge in [-0.15, -0.1) is 0 Å². The minimum absolute atomic E-state index is 0.733. The Morgan fingerprint density at radius 1 is 1.50 bits per heavy atom. The summed E-state index contributed by atoms with van der Waals surface area (Å²) in [4.78, 5) is 8.05. The molecule has 6 heteroatoms. The molecular formula is C10H15N5O. The van der Waals surface area contributed by atoms with Crippen molar-refractivity contribution in [1.82, 2.24) is 25.0 Å². The van der Waals surface area contributed by atoms with E-state index in [1.807, 2.05) is 12.5 Å². The molecule has 16 heavy (non-hydrogen) atoms. The molecule has 1 N–H and O–H groups in total. The standard InChI is InChI=1S/C10H15N5O/c1-2-15-7-12-6-9(15)5-11-4-3-10-13-8-16-14-10/h6-8,11H,2-5H2,1H3. The second-order valence-corrected chi connectivity index (χ2v) is 3.45. The monoisotopic (exact) mass is 221 g/mol. The first-order valence-corrected chi connectivity index (χ1v) is 5.35. The quantitative estimate of drug-likeness (QED) is 0.724. The van der Waals surface area contributed by atoms with Gasteiger partial charge in [0.05, 0.1) is 12.0 Å². The Labute approximate surface area is 93.7 Å². The summed E-state index contributed by atoms with van der Waals surface area (Å²) in [6.07, 6.45) is 5.85. The van der Waals surface area contributed by atoms with Crippen molar-refractivity contribution in [2.75, 3.05) is 6.54 Å². The summed E-state index contributed by atoms with van der Waals surface area (Å²) >= 11 is 0. The molecule has 0 radical (unpaired) electrons. The third-order valence-electron chi connectivity index (χ3n) is 2.38. The predicted octanol–water partition coefficient (Wildman–Crippen LogP) is 0.618. The van der Waals surface area contributed by atoms with Gasteiger partial charge in [-0.1, -0.05) is 5.16 Å². The zero-order valence-corrected chi connectivity index (χ0v) is 9.26. The van der Waals surface area contributed by atoms with E-state index in [0.29, 0.717) is 0 Å². The average Bonchev–Trinajstić information content (AvgIpc) is 2.95. The summed E-state index contributed by atoms with van der Waals surface area (Å²) < 4.78 is 6.76. The molecule has 0 unspecified atom stereocenters. The maximum atomic E-state index is 4.65. The SMILES string of the molecule is CCn1cncc1CNCCc1ncon1. The molecule has 86 valence electrons. The number of nitrogens with zero attached hydrogens (tertiary/aromatic N) is 4. The van der Waals surface area contributed by atoms with Crippen LogP contribution in [0.4, 0.5) is 0 Å². The molecule has 0 aliphatic heterocycles. The van der Waals surface area contributed by atoms with Crippen LogP contribution in [-0.4, -0.2) is 26.2 Å². The Balaban J connectivity index is 1.72. The lowest BCUT2D eigenvalue weighted by Crippen LogP contribution is -2.19. The van der Waals surface area contributed by atoms with Crippen LogP contribution in [0.3, 0.4) is 0 Å². The number of imidazole rings is 1. The molecule has 0 saturated carbocycles. The van der Waals surface area contributed by atoms with E-state index in [1.54, 1.807) is 0 Å². The normalized spacial score (nSPS) is 10.8. The summed E-state index contributed by atoms with van der Waals surface area (Å²) in [6.45, 7) is 4.69. The molecule has 0 aliphatic carbocycles. The Morgan fingerprint density at radius 2 is 2.44 bits per heavy atom. The fourth-order valence-corrected chi connectivity index (χ4v) is 1.50. The van der Waals surface area contributed by atoms with Crippen LogP contribution in [0.1, 0.15) is 18.4 Å². The van der Waals surface area contributed by atoms with Crippen LogP contribution in [0.2, 0.25) is 0 Å². The first-order chi connectivity index (χ1) is 7.90. The van der Waals surface area contributed by atoms with Crippen molar-refractivity contribution in [3.05, 3.63) is 30.4 Å². The molecule has 6 nitrogen and oxygen atoms in total. The van der Waals surface area contributed by atoms with E-state index in [1.165, 1.54) is 12.1 Å². The predicted molar refractivity (Wildman–Crippen MR) is 57.6 cm³/mol. The van der Waals surface area contributed by atoms with Crippen LogP contribution >= 0.6 is 0 Å². The minimum Gasteiger partial charge on any atom is -0.343 e. The highest BCUT2D eigenvalue weighted by Gasteiger charge is 2.01. The first kappa shape index (κ1) is 10.8. The molecule has 2 rings (SSSR count). The Hall–Kier alpha value is -1.69. The summed E-state index contributed by atoms with van der Waals surface area (Å²) in [5.41, 5.74) is 1.19. The summed E-state index contributed by atoms with van der Waals surface area (Å²) in [5, 5.41) is 7.06. The maximum absolute atomic E-state index is 4.65. The topological polar surface area (TPSA) is 68.8 Å². The minimum atomic E-state index is 0.733. The molecule has 2 aromatic rings. The van der Waals surface area contributed by atoms with Crippen molar-refractivity contribution in [3.63, 3.8) is 0 Å². The zero-order chi connectivity index (χ0) is 11.2. The van der Waals surface area contributed by atoms with Gasteiger partial charge < -0.3 is 14.4 Å². The maximum Gasteiger partial charge on any atom is 0.213 e. The molecule has 0 amide bonds. The number of nitrogens with one attached hydrogen (secondary N) is 1. The van der Waals surface area contributed by atoms with Gasteiger partial charge >= 0.3 is 0 Å². The van der Waals surface area contributed by atoms with E-state index in [9.17, 15) is 0 Å². The fourth-order valence-electron chi connectivity index (χ4n) is 1.50. The van der Waals surface area contributed by atoms with Gasteiger partial charge in [0.25, 0.3) is 0 Å². The highest BCUT2D eigenvalue weighted by atomic mass is 16.5. The molecule has 2 aromatic heterocycles. The highest BCUT2D eigenvalue weighted by Crippen LogP contribution is 1.98. The zero-order valence-electron chi connectivity index (χ0n) is 9.26. The molecule has 0 saturated heterocycles. The summed E-state index contributed by atoms with van der Waals surface area (Å²) in [5.74, 6) is 0.733. The molecular weight excluding hydrogens is 206 g/mol. The van der Waals surface area contributed by atoms with Crippen molar-refractivity contribution in [2.45, 2.75) is 26.4 Å². The largest absolute Gasteiger partial charge is 0.343 e. The third kappa shape index (κ3) is 2.66. The third-order valence-corrected chi connectivity index (χ3v) is 2.38. The molecule has 0 fully saturated rings. The van der Waals surface area contributed by atoms with E-state index in [2.05, 4.69) is 36.5 Å². The van der Waals surface area contributed by atoms with Gasteiger partial charge in [-0.2, -0.15) is 4.98 Å². The molecule has 0 spiro atoms. The molecule has 2 heterocycles. The second kappa shape index (κ2) is 5.41. The van der Waals surface area contributed by atoms with Crippen LogP contribution in [0.25, 0.3) is 0 Å². The van der Waals surface area contributed by atoms with Crippen molar-refractivity contribution in [2.24, 2.45) is 0 Å². The lowest BCUT2D eigenvalue weighted by molar-refractivity contribution is 0.409. The van der Waals surface area contributed by atoms with E-state index in [4.69, 9.17) is 0 Å². The van der Waals surface area contributed by atoms with Gasteiger partial charge in [-0.3, -0.25) is 0 Å². The van der Waals surface area contributed by atoms with E-state index < -0.39 is 0 Å². The molecule has 0 atom stereocenters. The van der Waals surface area contributed by atoms with Crippen molar-refractivity contribution in [3.8, 4) is 0 Å². The van der Waals surface area contributed by atoms with Crippen molar-refractivity contribution >= 4 is 0 Å². The summed E-state index contributed by atoms with van der Waals surface area (Å²) in [6, 6.07) is 0. The highest BCUT2D eigenvalue weighted by molar-refractivity contribution is 4.97. The summed E-state index contributed by atoms with van der Waals surface area (Å²) in [7, 11) is 0. The smallest absolute Gasteiger partial charge is 0.213 e. The fraction of sp³-hybridized carbons (Fsp3) is 0.500. The number of aromatic nitrogens is 4. The lowest BCUT2D eigenvalue weighted by atomic mass is 10.4. The number of hydrogen-bond donors (Lipinski definition) is 1. The molecule has 0 aliphatic rings. The molecule has 0 bridgehead atoms. The van der Waals surface area contributed by atoms with Gasteiger partial charge in [-0.05, 0) is 6.92 Å².